The van der Waals surface area contributed by atoms with Gasteiger partial charge in [-0.3, -0.25) is 0 Å². The number of phenols is 2. The van der Waals surface area contributed by atoms with E-state index in [1.165, 1.54) is 51.4 Å². The van der Waals surface area contributed by atoms with Crippen LogP contribution in [0, 0.1) is 0 Å². The van der Waals surface area contributed by atoms with Crippen molar-refractivity contribution in [2.24, 2.45) is 0 Å². The molecule has 2 aliphatic rings. The zero-order valence-electron chi connectivity index (χ0n) is 22.9. The van der Waals surface area contributed by atoms with Crippen molar-refractivity contribution in [1.82, 2.24) is 0 Å². The van der Waals surface area contributed by atoms with Gasteiger partial charge in [0.25, 0.3) is 0 Å². The predicted molar refractivity (Wildman–Crippen MR) is 184 cm³/mol. The van der Waals surface area contributed by atoms with Gasteiger partial charge >= 0.3 is 247 Å². The molecule has 2 aliphatic heterocycles. The number of phenolic OH excluding ortho intramolecular Hbond substituents is 2. The van der Waals surface area contributed by atoms with E-state index in [9.17, 15) is 15.0 Å². The van der Waals surface area contributed by atoms with Crippen LogP contribution in [0.4, 0.5) is 0 Å². The summed E-state index contributed by atoms with van der Waals surface area (Å²) in [6, 6.07) is 3.46. The molecule has 218 valence electrons. The second-order valence-corrected chi connectivity index (χ2v) is 33.9. The van der Waals surface area contributed by atoms with Crippen LogP contribution in [0.5, 0.6) is 11.5 Å². The van der Waals surface area contributed by atoms with Crippen molar-refractivity contribution in [3.8, 4) is 11.5 Å². The molecule has 0 unspecified atom stereocenters. The SMILES string of the molecule is CCCCCCCCCCCCc1cc2c(=O)c3cc(Cl)c(O)c([As]4SCCS4)c3oc2c([As]2SCCS2)c1O. The minimum atomic E-state index is -1.73. The van der Waals surface area contributed by atoms with Gasteiger partial charge in [0.1, 0.15) is 0 Å². The van der Waals surface area contributed by atoms with Crippen LogP contribution in [-0.4, -0.2) is 57.9 Å². The monoisotopic (exact) mass is 762 g/mol. The van der Waals surface area contributed by atoms with Crippen LogP contribution in [0.2, 0.25) is 5.02 Å². The fourth-order valence-electron chi connectivity index (χ4n) is 5.24. The van der Waals surface area contributed by atoms with Crippen LogP contribution in [0.25, 0.3) is 21.9 Å². The zero-order valence-corrected chi connectivity index (χ0v) is 30.7. The van der Waals surface area contributed by atoms with Crippen molar-refractivity contribution in [3.63, 3.8) is 0 Å². The van der Waals surface area contributed by atoms with Crippen molar-refractivity contribution in [2.45, 2.75) is 77.6 Å². The first-order valence-corrected chi connectivity index (χ1v) is 29.5. The van der Waals surface area contributed by atoms with Gasteiger partial charge in [-0.25, -0.2) is 0 Å². The van der Waals surface area contributed by atoms with E-state index in [-0.39, 0.29) is 16.2 Å². The third kappa shape index (κ3) is 7.16. The normalized spacial score (nSPS) is 16.6. The van der Waals surface area contributed by atoms with Gasteiger partial charge in [-0.1, -0.05) is 19.8 Å². The number of fused-ring (bicyclic) bond motifs is 2. The second kappa shape index (κ2) is 15.4. The van der Waals surface area contributed by atoms with Gasteiger partial charge in [0, 0.05) is 0 Å². The third-order valence-corrected chi connectivity index (χ3v) is 34.8. The molecular formula is C29H37As2ClO4S4. The first kappa shape index (κ1) is 31.7. The topological polar surface area (TPSA) is 70.7 Å². The van der Waals surface area contributed by atoms with Gasteiger partial charge in [-0.15, -0.1) is 0 Å². The molecule has 3 heterocycles. The molecule has 0 radical (unpaired) electrons. The number of aromatic hydroxyl groups is 2. The molecule has 1 aromatic heterocycles. The average molecular weight is 763 g/mol. The summed E-state index contributed by atoms with van der Waals surface area (Å²) < 4.78 is 8.26. The molecule has 2 aromatic carbocycles. The van der Waals surface area contributed by atoms with Gasteiger partial charge in [-0.05, 0) is 0 Å². The minimum absolute atomic E-state index is 0.0596. The number of halogens is 1. The molecule has 0 amide bonds. The Morgan fingerprint density at radius 2 is 1.23 bits per heavy atom. The third-order valence-electron chi connectivity index (χ3n) is 7.35. The van der Waals surface area contributed by atoms with Crippen LogP contribution in [0.1, 0.15) is 76.7 Å². The van der Waals surface area contributed by atoms with Gasteiger partial charge < -0.3 is 0 Å². The van der Waals surface area contributed by atoms with Crippen LogP contribution in [0.3, 0.4) is 0 Å². The van der Waals surface area contributed by atoms with E-state index in [1.807, 2.05) is 46.2 Å². The molecule has 4 nitrogen and oxygen atoms in total. The Labute approximate surface area is 264 Å². The summed E-state index contributed by atoms with van der Waals surface area (Å²) in [7, 11) is 7.64. The van der Waals surface area contributed by atoms with Gasteiger partial charge in [0.2, 0.25) is 0 Å². The van der Waals surface area contributed by atoms with E-state index >= 15 is 0 Å². The maximum atomic E-state index is 14.0. The number of aryl methyl sites for hydroxylation is 1. The van der Waals surface area contributed by atoms with Gasteiger partial charge in [0.15, 0.2) is 0 Å². The molecule has 40 heavy (non-hydrogen) atoms. The molecule has 2 saturated heterocycles. The molecular weight excluding hydrogens is 726 g/mol. The first-order chi connectivity index (χ1) is 19.5. The van der Waals surface area contributed by atoms with E-state index < -0.39 is 24.7 Å². The Balaban J connectivity index is 1.45. The molecule has 0 spiro atoms. The predicted octanol–water partition coefficient (Wildman–Crippen LogP) is 7.82. The van der Waals surface area contributed by atoms with E-state index in [0.29, 0.717) is 27.7 Å². The van der Waals surface area contributed by atoms with Crippen LogP contribution >= 0.6 is 51.7 Å². The number of hydrogen-bond acceptors (Lipinski definition) is 8. The average Bonchev–Trinajstić information content (AvgIpc) is 3.67. The first-order valence-electron chi connectivity index (χ1n) is 14.3. The maximum absolute atomic E-state index is 14.0. The molecule has 0 saturated carbocycles. The zero-order chi connectivity index (χ0) is 28.1. The summed E-state index contributed by atoms with van der Waals surface area (Å²) >= 11 is 3.03. The summed E-state index contributed by atoms with van der Waals surface area (Å²) in [6.07, 6.45) is 13.4. The van der Waals surface area contributed by atoms with Crippen molar-refractivity contribution < 1.29 is 14.6 Å². The Bertz CT molecular complexity index is 1390. The summed E-state index contributed by atoms with van der Waals surface area (Å²) in [5, 5.41) is 23.8. The van der Waals surface area contributed by atoms with Crippen LogP contribution in [0.15, 0.2) is 21.3 Å². The summed E-state index contributed by atoms with van der Waals surface area (Å²) in [5.74, 6) is 4.60. The molecule has 5 rings (SSSR count). The van der Waals surface area contributed by atoms with Crippen molar-refractivity contribution in [2.75, 3.05) is 23.0 Å². The van der Waals surface area contributed by atoms with E-state index in [4.69, 9.17) is 16.0 Å². The molecule has 0 atom stereocenters. The summed E-state index contributed by atoms with van der Waals surface area (Å²) in [4.78, 5) is 14.0. The Hall–Kier alpha value is 0.317. The van der Waals surface area contributed by atoms with E-state index in [1.54, 1.807) is 6.07 Å². The Morgan fingerprint density at radius 3 is 1.77 bits per heavy atom. The molecule has 0 aliphatic carbocycles. The van der Waals surface area contributed by atoms with E-state index in [2.05, 4.69) is 6.92 Å². The Morgan fingerprint density at radius 1 is 0.750 bits per heavy atom. The summed E-state index contributed by atoms with van der Waals surface area (Å²) in [6.45, 7) is 2.26. The van der Waals surface area contributed by atoms with Crippen molar-refractivity contribution >= 4 is 107 Å². The van der Waals surface area contributed by atoms with Crippen molar-refractivity contribution in [1.29, 1.82) is 0 Å². The fraction of sp³-hybridized carbons (Fsp3) is 0.552. The molecule has 11 heteroatoms. The molecule has 0 bridgehead atoms. The number of hydrogen-bond donors (Lipinski definition) is 2. The summed E-state index contributed by atoms with van der Waals surface area (Å²) in [5.41, 5.74) is 1.79. The molecule has 3 aromatic rings. The van der Waals surface area contributed by atoms with Crippen molar-refractivity contribution in [3.05, 3.63) is 32.9 Å². The Kier molecular flexibility index (Phi) is 12.2. The molecule has 2 N–H and O–H groups in total. The number of benzene rings is 2. The fourth-order valence-corrected chi connectivity index (χ4v) is 35.3. The standard InChI is InChI=1S/C29H37As2ClO4S4/c1-2-3-4-5-6-7-8-9-10-11-12-19-17-20-26(34)21-18-22(32)27(35)24(31-39-15-16-40-31)29(21)36-28(20)23(25(19)33)30-37-13-14-38-30/h17-18,33,35H,2-16H2,1H3. The van der Waals surface area contributed by atoms with Crippen LogP contribution in [-0.2, 0) is 6.42 Å². The van der Waals surface area contributed by atoms with E-state index in [0.717, 1.165) is 56.5 Å². The number of unbranched alkanes of at least 4 members (excludes halogenated alkanes) is 9. The molecule has 2 fully saturated rings. The van der Waals surface area contributed by atoms with Gasteiger partial charge in [0.05, 0.1) is 0 Å². The van der Waals surface area contributed by atoms with Gasteiger partial charge in [-0.2, -0.15) is 0 Å². The number of rotatable bonds is 13. The quantitative estimate of drug-likeness (QED) is 0.104. The second-order valence-electron chi connectivity index (χ2n) is 10.3. The van der Waals surface area contributed by atoms with Crippen LogP contribution < -0.4 is 14.1 Å².